The average molecular weight is 286 g/mol. The molecule has 4 nitrogen and oxygen atoms in total. The summed E-state index contributed by atoms with van der Waals surface area (Å²) in [6.07, 6.45) is 0.614. The monoisotopic (exact) mass is 286 g/mol. The third kappa shape index (κ3) is 2.86. The molecule has 2 heterocycles. The molecule has 1 amide bonds. The van der Waals surface area contributed by atoms with Crippen LogP contribution in [0.1, 0.15) is 11.4 Å². The number of carbonyl (C=O) groups is 1. The van der Waals surface area contributed by atoms with E-state index in [0.717, 1.165) is 11.4 Å². The highest BCUT2D eigenvalue weighted by molar-refractivity contribution is 5.97. The van der Waals surface area contributed by atoms with E-state index < -0.39 is 0 Å². The second-order valence-electron chi connectivity index (χ2n) is 4.97. The zero-order valence-electron chi connectivity index (χ0n) is 11.7. The molecule has 1 aliphatic rings. The van der Waals surface area contributed by atoms with Gasteiger partial charge < -0.3 is 9.64 Å². The number of ether oxygens (including phenoxy) is 1. The van der Waals surface area contributed by atoms with Crippen LogP contribution in [-0.4, -0.2) is 24.0 Å². The van der Waals surface area contributed by atoms with Crippen LogP contribution >= 0.6 is 0 Å². The first kappa shape index (κ1) is 13.5. The number of halogens is 1. The lowest BCUT2D eigenvalue weighted by Crippen LogP contribution is -2.40. The van der Waals surface area contributed by atoms with Crippen molar-refractivity contribution in [3.8, 4) is 5.75 Å². The van der Waals surface area contributed by atoms with Gasteiger partial charge in [0.15, 0.2) is 6.61 Å². The van der Waals surface area contributed by atoms with Gasteiger partial charge >= 0.3 is 0 Å². The van der Waals surface area contributed by atoms with E-state index in [9.17, 15) is 9.18 Å². The Labute approximate surface area is 122 Å². The van der Waals surface area contributed by atoms with E-state index in [1.165, 1.54) is 12.1 Å². The Kier molecular flexibility index (Phi) is 3.56. The number of anilines is 1. The normalized spacial score (nSPS) is 13.8. The second kappa shape index (κ2) is 5.52. The quantitative estimate of drug-likeness (QED) is 0.870. The van der Waals surface area contributed by atoms with Crippen molar-refractivity contribution in [3.63, 3.8) is 0 Å². The van der Waals surface area contributed by atoms with Crippen molar-refractivity contribution in [1.29, 1.82) is 0 Å². The van der Waals surface area contributed by atoms with E-state index >= 15 is 0 Å². The van der Waals surface area contributed by atoms with Crippen molar-refractivity contribution < 1.29 is 13.9 Å². The number of hydrogen-bond acceptors (Lipinski definition) is 3. The molecule has 0 N–H and O–H groups in total. The first-order valence-corrected chi connectivity index (χ1v) is 6.79. The SMILES string of the molecule is Cc1cccc(CCN2C(=O)COc3ccc(F)cc32)n1. The third-order valence-electron chi connectivity index (χ3n) is 3.40. The number of fused-ring (bicyclic) bond motifs is 1. The molecular formula is C16H15FN2O2. The first-order valence-electron chi connectivity index (χ1n) is 6.79. The number of nitrogens with zero attached hydrogens (tertiary/aromatic N) is 2. The molecule has 0 radical (unpaired) electrons. The van der Waals surface area contributed by atoms with E-state index in [-0.39, 0.29) is 18.3 Å². The molecule has 0 bridgehead atoms. The Bertz CT molecular complexity index is 688. The molecule has 1 aromatic heterocycles. The lowest BCUT2D eigenvalue weighted by molar-refractivity contribution is -0.121. The number of pyridine rings is 1. The summed E-state index contributed by atoms with van der Waals surface area (Å²) in [5, 5.41) is 0. The predicted octanol–water partition coefficient (Wildman–Crippen LogP) is 2.50. The zero-order chi connectivity index (χ0) is 14.8. The summed E-state index contributed by atoms with van der Waals surface area (Å²) in [7, 11) is 0. The predicted molar refractivity (Wildman–Crippen MR) is 76.9 cm³/mol. The van der Waals surface area contributed by atoms with E-state index in [1.54, 1.807) is 11.0 Å². The highest BCUT2D eigenvalue weighted by Crippen LogP contribution is 2.32. The molecule has 0 aliphatic carbocycles. The summed E-state index contributed by atoms with van der Waals surface area (Å²) < 4.78 is 18.7. The minimum atomic E-state index is -0.384. The summed E-state index contributed by atoms with van der Waals surface area (Å²) in [4.78, 5) is 18.0. The topological polar surface area (TPSA) is 42.4 Å². The average Bonchev–Trinajstić information content (AvgIpc) is 2.46. The van der Waals surface area contributed by atoms with Crippen LogP contribution < -0.4 is 9.64 Å². The Hall–Kier alpha value is -2.43. The van der Waals surface area contributed by atoms with Gasteiger partial charge in [0.2, 0.25) is 0 Å². The maximum atomic E-state index is 13.4. The van der Waals surface area contributed by atoms with Gasteiger partial charge in [0.1, 0.15) is 11.6 Å². The van der Waals surface area contributed by atoms with Gasteiger partial charge in [-0.3, -0.25) is 9.78 Å². The molecule has 5 heteroatoms. The van der Waals surface area contributed by atoms with Crippen LogP contribution in [0.2, 0.25) is 0 Å². The molecule has 0 saturated heterocycles. The van der Waals surface area contributed by atoms with E-state index in [4.69, 9.17) is 4.74 Å². The fraction of sp³-hybridized carbons (Fsp3) is 0.250. The maximum absolute atomic E-state index is 13.4. The molecular weight excluding hydrogens is 271 g/mol. The van der Waals surface area contributed by atoms with Crippen molar-refractivity contribution in [3.05, 3.63) is 53.6 Å². The summed E-state index contributed by atoms with van der Waals surface area (Å²) in [5.41, 5.74) is 2.33. The minimum absolute atomic E-state index is 0.0140. The maximum Gasteiger partial charge on any atom is 0.265 e. The highest BCUT2D eigenvalue weighted by Gasteiger charge is 2.25. The van der Waals surface area contributed by atoms with Crippen molar-refractivity contribution in [2.24, 2.45) is 0 Å². The molecule has 108 valence electrons. The summed E-state index contributed by atoms with van der Waals surface area (Å²) in [5.74, 6) is -0.0142. The van der Waals surface area contributed by atoms with Crippen molar-refractivity contribution >= 4 is 11.6 Å². The van der Waals surface area contributed by atoms with Crippen LogP contribution in [0.15, 0.2) is 36.4 Å². The van der Waals surface area contributed by atoms with Crippen LogP contribution in [0.3, 0.4) is 0 Å². The molecule has 2 aromatic rings. The number of rotatable bonds is 3. The largest absolute Gasteiger partial charge is 0.482 e. The second-order valence-corrected chi connectivity index (χ2v) is 4.97. The fourth-order valence-corrected chi connectivity index (χ4v) is 2.39. The van der Waals surface area contributed by atoms with Crippen molar-refractivity contribution in [1.82, 2.24) is 4.98 Å². The molecule has 0 saturated carbocycles. The van der Waals surface area contributed by atoms with Crippen molar-refractivity contribution in [2.45, 2.75) is 13.3 Å². The smallest absolute Gasteiger partial charge is 0.265 e. The van der Waals surface area contributed by atoms with Gasteiger partial charge in [0, 0.05) is 30.4 Å². The number of aryl methyl sites for hydroxylation is 1. The molecule has 1 aliphatic heterocycles. The Morgan fingerprint density at radius 3 is 3.00 bits per heavy atom. The number of carbonyl (C=O) groups excluding carboxylic acids is 1. The first-order chi connectivity index (χ1) is 10.1. The Morgan fingerprint density at radius 1 is 1.33 bits per heavy atom. The number of amides is 1. The highest BCUT2D eigenvalue weighted by atomic mass is 19.1. The van der Waals surface area contributed by atoms with Crippen LogP contribution in [0, 0.1) is 12.7 Å². The van der Waals surface area contributed by atoms with E-state index in [2.05, 4.69) is 4.98 Å². The van der Waals surface area contributed by atoms with Gasteiger partial charge in [-0.1, -0.05) is 6.07 Å². The van der Waals surface area contributed by atoms with Gasteiger partial charge in [-0.15, -0.1) is 0 Å². The van der Waals surface area contributed by atoms with Gasteiger partial charge in [0.25, 0.3) is 5.91 Å². The number of benzene rings is 1. The molecule has 3 rings (SSSR count). The van der Waals surface area contributed by atoms with Gasteiger partial charge in [0.05, 0.1) is 5.69 Å². The van der Waals surface area contributed by atoms with Gasteiger partial charge in [-0.25, -0.2) is 4.39 Å². The van der Waals surface area contributed by atoms with Crippen molar-refractivity contribution in [2.75, 3.05) is 18.1 Å². The van der Waals surface area contributed by atoms with Gasteiger partial charge in [-0.2, -0.15) is 0 Å². The third-order valence-corrected chi connectivity index (χ3v) is 3.40. The standard InChI is InChI=1S/C16H15FN2O2/c1-11-3-2-4-13(18-11)7-8-19-14-9-12(17)5-6-15(14)21-10-16(19)20/h2-6,9H,7-8,10H2,1H3. The van der Waals surface area contributed by atoms with Crippen LogP contribution in [-0.2, 0) is 11.2 Å². The molecule has 0 unspecified atom stereocenters. The molecule has 21 heavy (non-hydrogen) atoms. The molecule has 0 atom stereocenters. The van der Waals surface area contributed by atoms with Crippen LogP contribution in [0.25, 0.3) is 0 Å². The minimum Gasteiger partial charge on any atom is -0.482 e. The van der Waals surface area contributed by atoms with E-state index in [0.29, 0.717) is 24.4 Å². The summed E-state index contributed by atoms with van der Waals surface area (Å²) in [6, 6.07) is 9.99. The van der Waals surface area contributed by atoms with E-state index in [1.807, 2.05) is 25.1 Å². The summed E-state index contributed by atoms with van der Waals surface area (Å²) in [6.45, 7) is 2.36. The molecule has 0 fully saturated rings. The number of aromatic nitrogens is 1. The van der Waals surface area contributed by atoms with Crippen LogP contribution in [0.4, 0.5) is 10.1 Å². The zero-order valence-corrected chi connectivity index (χ0v) is 11.7. The number of hydrogen-bond donors (Lipinski definition) is 0. The fourth-order valence-electron chi connectivity index (χ4n) is 2.39. The molecule has 1 aromatic carbocycles. The van der Waals surface area contributed by atoms with Gasteiger partial charge in [-0.05, 0) is 31.2 Å². The lowest BCUT2D eigenvalue weighted by atomic mass is 10.2. The molecule has 0 spiro atoms. The lowest BCUT2D eigenvalue weighted by Gasteiger charge is -2.29. The Morgan fingerprint density at radius 2 is 2.19 bits per heavy atom. The summed E-state index contributed by atoms with van der Waals surface area (Å²) >= 11 is 0. The Balaban J connectivity index is 1.82. The van der Waals surface area contributed by atoms with Crippen LogP contribution in [0.5, 0.6) is 5.75 Å².